The van der Waals surface area contributed by atoms with Crippen LogP contribution in [0.1, 0.15) is 30.4 Å². The number of fused-ring (bicyclic) bond motifs is 1. The summed E-state index contributed by atoms with van der Waals surface area (Å²) in [6, 6.07) is 6.08. The van der Waals surface area contributed by atoms with Gasteiger partial charge in [-0.15, -0.1) is 0 Å². The number of primary amides is 1. The number of nitrogens with two attached hydrogens (primary N) is 1. The van der Waals surface area contributed by atoms with Gasteiger partial charge < -0.3 is 10.7 Å². The molecule has 1 amide bonds. The highest BCUT2D eigenvalue weighted by molar-refractivity contribution is 5.92. The summed E-state index contributed by atoms with van der Waals surface area (Å²) >= 11 is 0. The second-order valence-corrected chi connectivity index (χ2v) is 4.10. The van der Waals surface area contributed by atoms with Crippen LogP contribution in [-0.4, -0.2) is 10.9 Å². The number of para-hydroxylation sites is 1. The number of nitrogens with one attached hydrogen (secondary N) is 1. The zero-order valence-corrected chi connectivity index (χ0v) is 9.58. The zero-order valence-electron chi connectivity index (χ0n) is 9.58. The molecule has 0 spiro atoms. The van der Waals surface area contributed by atoms with E-state index in [1.54, 1.807) is 0 Å². The molecule has 1 heterocycles. The predicted molar refractivity (Wildman–Crippen MR) is 65.3 cm³/mol. The molecule has 1 aromatic carbocycles. The number of aromatic amines is 1. The van der Waals surface area contributed by atoms with E-state index in [1.807, 2.05) is 38.2 Å². The van der Waals surface area contributed by atoms with Gasteiger partial charge >= 0.3 is 0 Å². The first kappa shape index (κ1) is 10.7. The average molecular weight is 216 g/mol. The monoisotopic (exact) mass is 216 g/mol. The number of H-pyrrole nitrogens is 1. The maximum Gasteiger partial charge on any atom is 0.225 e. The van der Waals surface area contributed by atoms with Gasteiger partial charge in [0.15, 0.2) is 0 Å². The molecule has 0 saturated carbocycles. The van der Waals surface area contributed by atoms with Gasteiger partial charge in [-0.1, -0.05) is 25.1 Å². The molecule has 1 unspecified atom stereocenters. The predicted octanol–water partition coefficient (Wildman–Crippen LogP) is 2.46. The molecule has 84 valence electrons. The molecule has 3 N–H and O–H groups in total. The molecule has 0 aliphatic carbocycles. The molecular formula is C13H16N2O. The maximum atomic E-state index is 11.4. The van der Waals surface area contributed by atoms with Crippen molar-refractivity contribution in [3.05, 3.63) is 35.5 Å². The standard InChI is InChI=1S/C13H16N2O/c1-3-9(13(14)16)11-7-15-12-8(2)5-4-6-10(11)12/h4-7,9,15H,3H2,1-2H3,(H2,14,16). The zero-order chi connectivity index (χ0) is 11.7. The number of aryl methyl sites for hydroxylation is 1. The van der Waals surface area contributed by atoms with Gasteiger partial charge in [0.1, 0.15) is 0 Å². The van der Waals surface area contributed by atoms with Crippen molar-refractivity contribution in [2.45, 2.75) is 26.2 Å². The molecule has 16 heavy (non-hydrogen) atoms. The fourth-order valence-electron chi connectivity index (χ4n) is 2.19. The summed E-state index contributed by atoms with van der Waals surface area (Å²) in [7, 11) is 0. The third-order valence-corrected chi connectivity index (χ3v) is 3.08. The van der Waals surface area contributed by atoms with E-state index in [0.29, 0.717) is 0 Å². The number of carbonyl (C=O) groups excluding carboxylic acids is 1. The Morgan fingerprint density at radius 1 is 1.50 bits per heavy atom. The van der Waals surface area contributed by atoms with Crippen LogP contribution >= 0.6 is 0 Å². The van der Waals surface area contributed by atoms with Gasteiger partial charge in [0, 0.05) is 17.1 Å². The number of hydrogen-bond acceptors (Lipinski definition) is 1. The van der Waals surface area contributed by atoms with E-state index in [-0.39, 0.29) is 11.8 Å². The van der Waals surface area contributed by atoms with Crippen LogP contribution in [0.5, 0.6) is 0 Å². The Kier molecular flexibility index (Phi) is 2.69. The smallest absolute Gasteiger partial charge is 0.225 e. The molecule has 1 aromatic heterocycles. The Balaban J connectivity index is 2.61. The van der Waals surface area contributed by atoms with Gasteiger partial charge in [-0.3, -0.25) is 4.79 Å². The first-order valence-corrected chi connectivity index (χ1v) is 5.51. The highest BCUT2D eigenvalue weighted by atomic mass is 16.1. The topological polar surface area (TPSA) is 58.9 Å². The molecule has 0 aliphatic rings. The third kappa shape index (κ3) is 1.58. The van der Waals surface area contributed by atoms with E-state index in [1.165, 1.54) is 5.56 Å². The lowest BCUT2D eigenvalue weighted by Gasteiger charge is -2.09. The van der Waals surface area contributed by atoms with Gasteiger partial charge in [-0.2, -0.15) is 0 Å². The van der Waals surface area contributed by atoms with Crippen molar-refractivity contribution in [3.8, 4) is 0 Å². The van der Waals surface area contributed by atoms with Crippen LogP contribution in [0, 0.1) is 6.92 Å². The summed E-state index contributed by atoms with van der Waals surface area (Å²) in [5.41, 5.74) is 8.70. The lowest BCUT2D eigenvalue weighted by molar-refractivity contribution is -0.119. The molecule has 2 aromatic rings. The first-order chi connectivity index (χ1) is 7.65. The Hall–Kier alpha value is -1.77. The summed E-state index contributed by atoms with van der Waals surface area (Å²) in [6.07, 6.45) is 2.63. The summed E-state index contributed by atoms with van der Waals surface area (Å²) in [5, 5.41) is 1.10. The van der Waals surface area contributed by atoms with Crippen molar-refractivity contribution < 1.29 is 4.79 Å². The second kappa shape index (κ2) is 4.00. The number of hydrogen-bond donors (Lipinski definition) is 2. The van der Waals surface area contributed by atoms with Crippen LogP contribution in [0.3, 0.4) is 0 Å². The summed E-state index contributed by atoms with van der Waals surface area (Å²) < 4.78 is 0. The Morgan fingerprint density at radius 2 is 2.25 bits per heavy atom. The maximum absolute atomic E-state index is 11.4. The minimum absolute atomic E-state index is 0.199. The summed E-state index contributed by atoms with van der Waals surface area (Å²) in [4.78, 5) is 14.6. The van der Waals surface area contributed by atoms with Gasteiger partial charge in [-0.25, -0.2) is 0 Å². The van der Waals surface area contributed by atoms with Crippen LogP contribution in [0.25, 0.3) is 10.9 Å². The van der Waals surface area contributed by atoms with Crippen molar-refractivity contribution in [3.63, 3.8) is 0 Å². The molecule has 0 fully saturated rings. The fraction of sp³-hybridized carbons (Fsp3) is 0.308. The quantitative estimate of drug-likeness (QED) is 0.813. The van der Waals surface area contributed by atoms with Crippen LogP contribution in [0.15, 0.2) is 24.4 Å². The largest absolute Gasteiger partial charge is 0.369 e. The number of amides is 1. The molecule has 0 bridgehead atoms. The van der Waals surface area contributed by atoms with Gasteiger partial charge in [0.05, 0.1) is 5.92 Å². The van der Waals surface area contributed by atoms with Crippen molar-refractivity contribution in [1.29, 1.82) is 0 Å². The van der Waals surface area contributed by atoms with Crippen molar-refractivity contribution in [2.75, 3.05) is 0 Å². The number of rotatable bonds is 3. The lowest BCUT2D eigenvalue weighted by Crippen LogP contribution is -2.20. The Morgan fingerprint density at radius 3 is 2.88 bits per heavy atom. The van der Waals surface area contributed by atoms with Gasteiger partial charge in [0.25, 0.3) is 0 Å². The van der Waals surface area contributed by atoms with Gasteiger partial charge in [0.2, 0.25) is 5.91 Å². The molecule has 3 nitrogen and oxygen atoms in total. The third-order valence-electron chi connectivity index (χ3n) is 3.08. The van der Waals surface area contributed by atoms with E-state index in [9.17, 15) is 4.79 Å². The van der Waals surface area contributed by atoms with E-state index in [2.05, 4.69) is 4.98 Å². The van der Waals surface area contributed by atoms with E-state index >= 15 is 0 Å². The van der Waals surface area contributed by atoms with Crippen LogP contribution in [-0.2, 0) is 4.79 Å². The van der Waals surface area contributed by atoms with E-state index in [4.69, 9.17) is 5.73 Å². The van der Waals surface area contributed by atoms with Gasteiger partial charge in [-0.05, 0) is 24.5 Å². The Labute approximate surface area is 94.6 Å². The highest BCUT2D eigenvalue weighted by Crippen LogP contribution is 2.28. The second-order valence-electron chi connectivity index (χ2n) is 4.10. The molecule has 3 heteroatoms. The number of carbonyl (C=O) groups is 1. The molecule has 0 radical (unpaired) electrons. The normalized spacial score (nSPS) is 12.9. The first-order valence-electron chi connectivity index (χ1n) is 5.51. The lowest BCUT2D eigenvalue weighted by atomic mass is 9.95. The fourth-order valence-corrected chi connectivity index (χ4v) is 2.19. The highest BCUT2D eigenvalue weighted by Gasteiger charge is 2.19. The van der Waals surface area contributed by atoms with Crippen LogP contribution < -0.4 is 5.73 Å². The number of benzene rings is 1. The minimum atomic E-state index is -0.259. The molecule has 2 rings (SSSR count). The average Bonchev–Trinajstić information content (AvgIpc) is 2.64. The summed E-state index contributed by atoms with van der Waals surface area (Å²) in [5.74, 6) is -0.458. The van der Waals surface area contributed by atoms with E-state index in [0.717, 1.165) is 22.9 Å². The van der Waals surface area contributed by atoms with Crippen molar-refractivity contribution in [2.24, 2.45) is 5.73 Å². The molecule has 1 atom stereocenters. The van der Waals surface area contributed by atoms with Crippen molar-refractivity contribution >= 4 is 16.8 Å². The molecule has 0 saturated heterocycles. The number of aromatic nitrogens is 1. The SMILES string of the molecule is CCC(C(N)=O)c1c[nH]c2c(C)cccc12. The Bertz CT molecular complexity index is 528. The minimum Gasteiger partial charge on any atom is -0.369 e. The molecular weight excluding hydrogens is 200 g/mol. The van der Waals surface area contributed by atoms with Crippen LogP contribution in [0.2, 0.25) is 0 Å². The molecule has 0 aliphatic heterocycles. The summed E-state index contributed by atoms with van der Waals surface area (Å²) in [6.45, 7) is 4.03. The van der Waals surface area contributed by atoms with E-state index < -0.39 is 0 Å². The van der Waals surface area contributed by atoms with Crippen LogP contribution in [0.4, 0.5) is 0 Å². The van der Waals surface area contributed by atoms with Crippen molar-refractivity contribution in [1.82, 2.24) is 4.98 Å².